The summed E-state index contributed by atoms with van der Waals surface area (Å²) in [6, 6.07) is 7.82. The zero-order valence-electron chi connectivity index (χ0n) is 16.0. The number of ether oxygens (including phenoxy) is 1. The Labute approximate surface area is 176 Å². The highest BCUT2D eigenvalue weighted by Gasteiger charge is 2.30. The number of aromatic nitrogens is 1. The van der Waals surface area contributed by atoms with Crippen LogP contribution >= 0.6 is 11.6 Å². The number of oxime groups is 1. The first kappa shape index (κ1) is 21.9. The van der Waals surface area contributed by atoms with Crippen LogP contribution in [-0.2, 0) is 4.84 Å². The first-order valence-electron chi connectivity index (χ1n) is 9.10. The lowest BCUT2D eigenvalue weighted by Crippen LogP contribution is -2.30. The van der Waals surface area contributed by atoms with E-state index in [0.717, 1.165) is 18.6 Å². The third-order valence-corrected chi connectivity index (χ3v) is 4.58. The summed E-state index contributed by atoms with van der Waals surface area (Å²) in [6.07, 6.45) is -1.36. The van der Waals surface area contributed by atoms with Gasteiger partial charge in [0.25, 0.3) is 5.91 Å². The van der Waals surface area contributed by atoms with Crippen LogP contribution in [0.3, 0.4) is 0 Å². The summed E-state index contributed by atoms with van der Waals surface area (Å²) in [5.74, 6) is -0.374. The Bertz CT molecular complexity index is 929. The molecule has 0 radical (unpaired) electrons. The fourth-order valence-electron chi connectivity index (χ4n) is 2.74. The lowest BCUT2D eigenvalue weighted by molar-refractivity contribution is -0.154. The van der Waals surface area contributed by atoms with Gasteiger partial charge in [-0.2, -0.15) is 13.2 Å². The highest BCUT2D eigenvalue weighted by molar-refractivity contribution is 6.30. The summed E-state index contributed by atoms with van der Waals surface area (Å²) < 4.78 is 42.6. The van der Waals surface area contributed by atoms with Crippen LogP contribution in [0, 0.1) is 5.92 Å². The van der Waals surface area contributed by atoms with E-state index in [2.05, 4.69) is 15.5 Å². The molecule has 1 amide bonds. The Balaban J connectivity index is 1.82. The summed E-state index contributed by atoms with van der Waals surface area (Å²) in [5.41, 5.74) is 1.67. The normalized spacial score (nSPS) is 14.4. The predicted octanol–water partition coefficient (Wildman–Crippen LogP) is 4.49. The van der Waals surface area contributed by atoms with E-state index in [1.807, 2.05) is 0 Å². The fraction of sp³-hybridized carbons (Fsp3) is 0.350. The van der Waals surface area contributed by atoms with Gasteiger partial charge >= 0.3 is 6.18 Å². The summed E-state index contributed by atoms with van der Waals surface area (Å²) in [4.78, 5) is 21.3. The van der Waals surface area contributed by atoms with E-state index in [9.17, 15) is 18.0 Å². The molecule has 1 aromatic carbocycles. The van der Waals surface area contributed by atoms with Crippen molar-refractivity contribution in [2.75, 3.05) is 20.3 Å². The molecule has 1 N–H and O–H groups in total. The SMILES string of the molecule is CON=C(CNC(=O)c1cnc(OCC(F)(F)F)c(-c2ccc(Cl)cc2)c1)C1CC1. The van der Waals surface area contributed by atoms with Crippen LogP contribution in [0.1, 0.15) is 23.2 Å². The molecule has 1 heterocycles. The average Bonchev–Trinajstić information content (AvgIpc) is 3.54. The van der Waals surface area contributed by atoms with Gasteiger partial charge in [0.2, 0.25) is 5.88 Å². The first-order chi connectivity index (χ1) is 14.3. The third kappa shape index (κ3) is 6.09. The molecule has 0 spiro atoms. The Morgan fingerprint density at radius 2 is 2.00 bits per heavy atom. The first-order valence-corrected chi connectivity index (χ1v) is 9.48. The van der Waals surface area contributed by atoms with Crippen molar-refractivity contribution in [3.05, 3.63) is 47.1 Å². The molecule has 0 bridgehead atoms. The molecule has 160 valence electrons. The molecule has 0 atom stereocenters. The molecule has 0 unspecified atom stereocenters. The highest BCUT2D eigenvalue weighted by atomic mass is 35.5. The zero-order valence-corrected chi connectivity index (χ0v) is 16.8. The number of amides is 1. The molecule has 1 aromatic heterocycles. The Morgan fingerprint density at radius 3 is 2.60 bits per heavy atom. The van der Waals surface area contributed by atoms with Crippen molar-refractivity contribution in [3.8, 4) is 17.0 Å². The molecule has 0 saturated heterocycles. The predicted molar refractivity (Wildman–Crippen MR) is 106 cm³/mol. The van der Waals surface area contributed by atoms with E-state index in [4.69, 9.17) is 21.2 Å². The second kappa shape index (κ2) is 9.34. The van der Waals surface area contributed by atoms with Crippen molar-refractivity contribution < 1.29 is 27.5 Å². The van der Waals surface area contributed by atoms with Gasteiger partial charge < -0.3 is 14.9 Å². The largest absolute Gasteiger partial charge is 0.468 e. The minimum atomic E-state index is -4.52. The van der Waals surface area contributed by atoms with Crippen molar-refractivity contribution in [3.63, 3.8) is 0 Å². The van der Waals surface area contributed by atoms with Gasteiger partial charge in [0.1, 0.15) is 7.11 Å². The van der Waals surface area contributed by atoms with E-state index in [0.29, 0.717) is 16.5 Å². The standard InChI is InChI=1S/C20H19ClF3N3O3/c1-29-27-17(13-2-3-13)10-25-18(28)14-8-16(12-4-6-15(21)7-5-12)19(26-9-14)30-11-20(22,23)24/h4-9,13H,2-3,10-11H2,1H3,(H,25,28). The molecule has 30 heavy (non-hydrogen) atoms. The summed E-state index contributed by atoms with van der Waals surface area (Å²) in [6.45, 7) is -1.29. The molecule has 1 fully saturated rings. The van der Waals surface area contributed by atoms with Crippen LogP contribution in [0.15, 0.2) is 41.7 Å². The van der Waals surface area contributed by atoms with Gasteiger partial charge in [-0.1, -0.05) is 28.9 Å². The van der Waals surface area contributed by atoms with E-state index in [1.54, 1.807) is 24.3 Å². The second-order valence-corrected chi connectivity index (χ2v) is 7.15. The smallest absolute Gasteiger partial charge is 0.422 e. The van der Waals surface area contributed by atoms with Crippen LogP contribution in [0.5, 0.6) is 5.88 Å². The van der Waals surface area contributed by atoms with Crippen LogP contribution in [0.4, 0.5) is 13.2 Å². The quantitative estimate of drug-likeness (QED) is 0.484. The fourth-order valence-corrected chi connectivity index (χ4v) is 2.86. The van der Waals surface area contributed by atoms with E-state index in [1.165, 1.54) is 19.4 Å². The Kier molecular flexibility index (Phi) is 6.81. The van der Waals surface area contributed by atoms with Crippen molar-refractivity contribution in [1.82, 2.24) is 10.3 Å². The van der Waals surface area contributed by atoms with Gasteiger partial charge in [0, 0.05) is 22.7 Å². The van der Waals surface area contributed by atoms with Crippen molar-refractivity contribution in [2.45, 2.75) is 19.0 Å². The van der Waals surface area contributed by atoms with Crippen molar-refractivity contribution in [2.24, 2.45) is 11.1 Å². The Hall–Kier alpha value is -2.81. The maximum Gasteiger partial charge on any atom is 0.422 e. The summed E-state index contributed by atoms with van der Waals surface area (Å²) in [5, 5.41) is 7.13. The van der Waals surface area contributed by atoms with Gasteiger partial charge in [-0.3, -0.25) is 4.79 Å². The maximum atomic E-state index is 12.6. The molecule has 1 aliphatic rings. The molecule has 6 nitrogen and oxygen atoms in total. The molecule has 10 heteroatoms. The zero-order chi connectivity index (χ0) is 21.7. The van der Waals surface area contributed by atoms with E-state index < -0.39 is 18.7 Å². The van der Waals surface area contributed by atoms with Crippen LogP contribution < -0.4 is 10.1 Å². The Morgan fingerprint density at radius 1 is 1.30 bits per heavy atom. The topological polar surface area (TPSA) is 72.8 Å². The number of hydrogen-bond acceptors (Lipinski definition) is 5. The summed E-state index contributed by atoms with van der Waals surface area (Å²) in [7, 11) is 1.44. The van der Waals surface area contributed by atoms with Gasteiger partial charge in [0.15, 0.2) is 6.61 Å². The maximum absolute atomic E-state index is 12.6. The summed E-state index contributed by atoms with van der Waals surface area (Å²) >= 11 is 5.89. The van der Waals surface area contributed by atoms with E-state index >= 15 is 0 Å². The number of benzene rings is 1. The van der Waals surface area contributed by atoms with Gasteiger partial charge in [-0.05, 0) is 36.6 Å². The number of pyridine rings is 1. The van der Waals surface area contributed by atoms with Crippen molar-refractivity contribution >= 4 is 23.2 Å². The number of carbonyl (C=O) groups excluding carboxylic acids is 1. The molecule has 1 aliphatic carbocycles. The number of hydrogen-bond donors (Lipinski definition) is 1. The van der Waals surface area contributed by atoms with Crippen molar-refractivity contribution in [1.29, 1.82) is 0 Å². The number of carbonyl (C=O) groups is 1. The molecule has 1 saturated carbocycles. The van der Waals surface area contributed by atoms with E-state index in [-0.39, 0.29) is 23.6 Å². The second-order valence-electron chi connectivity index (χ2n) is 6.71. The molecule has 2 aromatic rings. The molecular weight excluding hydrogens is 423 g/mol. The van der Waals surface area contributed by atoms with Gasteiger partial charge in [-0.15, -0.1) is 0 Å². The average molecular weight is 442 g/mol. The molecule has 0 aliphatic heterocycles. The number of halogens is 4. The molecule has 3 rings (SSSR count). The number of rotatable bonds is 8. The minimum Gasteiger partial charge on any atom is -0.468 e. The highest BCUT2D eigenvalue weighted by Crippen LogP contribution is 2.32. The third-order valence-electron chi connectivity index (χ3n) is 4.33. The van der Waals surface area contributed by atoms with Crippen LogP contribution in [0.25, 0.3) is 11.1 Å². The number of alkyl halides is 3. The monoisotopic (exact) mass is 441 g/mol. The minimum absolute atomic E-state index is 0.173. The lowest BCUT2D eigenvalue weighted by atomic mass is 10.0. The number of nitrogens with zero attached hydrogens (tertiary/aromatic N) is 2. The molecular formula is C20H19ClF3N3O3. The van der Waals surface area contributed by atoms with Gasteiger partial charge in [-0.25, -0.2) is 4.98 Å². The lowest BCUT2D eigenvalue weighted by Gasteiger charge is -2.14. The van der Waals surface area contributed by atoms with Gasteiger partial charge in [0.05, 0.1) is 17.8 Å². The van der Waals surface area contributed by atoms with Crippen LogP contribution in [0.2, 0.25) is 5.02 Å². The van der Waals surface area contributed by atoms with Crippen LogP contribution in [-0.4, -0.2) is 43.0 Å². The number of nitrogens with one attached hydrogen (secondary N) is 1.